The molecule has 2 aromatic rings. The van der Waals surface area contributed by atoms with Gasteiger partial charge in [0, 0.05) is 18.9 Å². The van der Waals surface area contributed by atoms with Crippen LogP contribution in [0, 0.1) is 6.92 Å². The van der Waals surface area contributed by atoms with Gasteiger partial charge in [0.15, 0.2) is 0 Å². The third kappa shape index (κ3) is 3.08. The van der Waals surface area contributed by atoms with Gasteiger partial charge in [-0.05, 0) is 30.7 Å². The molecule has 1 aromatic carbocycles. The number of aromatic nitrogens is 1. The van der Waals surface area contributed by atoms with Crippen LogP contribution in [-0.4, -0.2) is 41.7 Å². The van der Waals surface area contributed by atoms with E-state index < -0.39 is 6.04 Å². The Kier molecular flexibility index (Phi) is 4.65. The van der Waals surface area contributed by atoms with Gasteiger partial charge in [-0.3, -0.25) is 4.79 Å². The van der Waals surface area contributed by atoms with Gasteiger partial charge < -0.3 is 19.7 Å². The number of hydrogen-bond donors (Lipinski definition) is 2. The summed E-state index contributed by atoms with van der Waals surface area (Å²) in [4.78, 5) is 17.0. The Morgan fingerprint density at radius 2 is 2.00 bits per heavy atom. The first-order valence-electron chi connectivity index (χ1n) is 6.74. The van der Waals surface area contributed by atoms with Crippen LogP contribution in [0.5, 0.6) is 5.75 Å². The van der Waals surface area contributed by atoms with Gasteiger partial charge in [-0.15, -0.1) is 0 Å². The summed E-state index contributed by atoms with van der Waals surface area (Å²) in [5, 5.41) is 9.66. The van der Waals surface area contributed by atoms with Gasteiger partial charge in [0.05, 0.1) is 25.3 Å². The number of nitrogens with zero attached hydrogens (tertiary/aromatic N) is 1. The van der Waals surface area contributed by atoms with Gasteiger partial charge in [0.1, 0.15) is 5.75 Å². The molecule has 1 unspecified atom stereocenters. The molecule has 1 atom stereocenters. The van der Waals surface area contributed by atoms with Crippen LogP contribution in [-0.2, 0) is 0 Å². The first-order valence-corrected chi connectivity index (χ1v) is 6.74. The lowest BCUT2D eigenvalue weighted by Crippen LogP contribution is -2.33. The van der Waals surface area contributed by atoms with E-state index in [0.29, 0.717) is 5.56 Å². The van der Waals surface area contributed by atoms with Crippen molar-refractivity contribution in [3.8, 4) is 5.75 Å². The molecule has 0 aliphatic carbocycles. The predicted octanol–water partition coefficient (Wildman–Crippen LogP) is 2.14. The Labute approximate surface area is 124 Å². The monoisotopic (exact) mass is 288 g/mol. The lowest BCUT2D eigenvalue weighted by atomic mass is 10.1. The molecule has 0 bridgehead atoms. The zero-order valence-corrected chi connectivity index (χ0v) is 12.5. The van der Waals surface area contributed by atoms with Gasteiger partial charge in [0.2, 0.25) is 0 Å². The highest BCUT2D eigenvalue weighted by Gasteiger charge is 2.23. The zero-order chi connectivity index (χ0) is 15.4. The summed E-state index contributed by atoms with van der Waals surface area (Å²) < 4.78 is 5.12. The normalized spacial score (nSPS) is 12.0. The third-order valence-electron chi connectivity index (χ3n) is 3.65. The summed E-state index contributed by atoms with van der Waals surface area (Å²) in [6.07, 6.45) is 1.73. The third-order valence-corrected chi connectivity index (χ3v) is 3.65. The highest BCUT2D eigenvalue weighted by molar-refractivity contribution is 5.95. The Bertz CT molecular complexity index is 604. The van der Waals surface area contributed by atoms with E-state index >= 15 is 0 Å². The lowest BCUT2D eigenvalue weighted by molar-refractivity contribution is 0.0658. The van der Waals surface area contributed by atoms with Crippen molar-refractivity contribution in [2.24, 2.45) is 0 Å². The minimum absolute atomic E-state index is 0.122. The lowest BCUT2D eigenvalue weighted by Gasteiger charge is -2.27. The molecule has 0 radical (unpaired) electrons. The van der Waals surface area contributed by atoms with Crippen LogP contribution in [0.2, 0.25) is 0 Å². The second kappa shape index (κ2) is 6.45. The molecule has 2 N–H and O–H groups in total. The van der Waals surface area contributed by atoms with Crippen LogP contribution in [0.3, 0.4) is 0 Å². The molecular formula is C16H20N2O3. The molecule has 1 amide bonds. The maximum atomic E-state index is 12.5. The van der Waals surface area contributed by atoms with E-state index in [0.717, 1.165) is 17.0 Å². The van der Waals surface area contributed by atoms with Crippen molar-refractivity contribution >= 4 is 5.91 Å². The van der Waals surface area contributed by atoms with E-state index in [1.54, 1.807) is 31.3 Å². The first-order chi connectivity index (χ1) is 10.1. The minimum Gasteiger partial charge on any atom is -0.497 e. The largest absolute Gasteiger partial charge is 0.497 e. The van der Waals surface area contributed by atoms with Gasteiger partial charge in [0.25, 0.3) is 5.91 Å². The van der Waals surface area contributed by atoms with E-state index in [2.05, 4.69) is 4.98 Å². The molecule has 0 spiro atoms. The van der Waals surface area contributed by atoms with Crippen LogP contribution in [0.4, 0.5) is 0 Å². The predicted molar refractivity (Wildman–Crippen MR) is 80.4 cm³/mol. The molecule has 5 nitrogen and oxygen atoms in total. The van der Waals surface area contributed by atoms with Crippen LogP contribution in [0.25, 0.3) is 0 Å². The number of carbonyl (C=O) groups excluding carboxylic acids is 1. The Hall–Kier alpha value is -2.27. The van der Waals surface area contributed by atoms with Crippen molar-refractivity contribution in [1.82, 2.24) is 9.88 Å². The van der Waals surface area contributed by atoms with Crippen molar-refractivity contribution in [2.75, 3.05) is 20.8 Å². The van der Waals surface area contributed by atoms with Crippen molar-refractivity contribution < 1.29 is 14.6 Å². The number of benzene rings is 1. The molecule has 0 saturated heterocycles. The average Bonchev–Trinajstić information content (AvgIpc) is 2.94. The van der Waals surface area contributed by atoms with E-state index in [1.165, 1.54) is 0 Å². The molecule has 1 aromatic heterocycles. The number of aliphatic hydroxyl groups excluding tert-OH is 1. The second-order valence-electron chi connectivity index (χ2n) is 4.90. The Morgan fingerprint density at radius 1 is 1.33 bits per heavy atom. The molecule has 0 saturated carbocycles. The van der Waals surface area contributed by atoms with Gasteiger partial charge in [-0.2, -0.15) is 0 Å². The summed E-state index contributed by atoms with van der Waals surface area (Å²) >= 11 is 0. The van der Waals surface area contributed by atoms with Gasteiger partial charge in [-0.1, -0.05) is 12.1 Å². The molecule has 2 rings (SSSR count). The molecule has 1 heterocycles. The first kappa shape index (κ1) is 15.1. The summed E-state index contributed by atoms with van der Waals surface area (Å²) in [7, 11) is 3.29. The fourth-order valence-corrected chi connectivity index (χ4v) is 2.29. The number of H-pyrrole nitrogens is 1. The van der Waals surface area contributed by atoms with Crippen molar-refractivity contribution in [1.29, 1.82) is 0 Å². The van der Waals surface area contributed by atoms with Gasteiger partial charge >= 0.3 is 0 Å². The molecule has 21 heavy (non-hydrogen) atoms. The van der Waals surface area contributed by atoms with Crippen molar-refractivity contribution in [3.05, 3.63) is 53.3 Å². The number of aryl methyl sites for hydroxylation is 1. The summed E-state index contributed by atoms with van der Waals surface area (Å²) in [6.45, 7) is 1.71. The topological polar surface area (TPSA) is 65.6 Å². The highest BCUT2D eigenvalue weighted by atomic mass is 16.5. The van der Waals surface area contributed by atoms with Crippen molar-refractivity contribution in [2.45, 2.75) is 13.0 Å². The zero-order valence-electron chi connectivity index (χ0n) is 12.5. The summed E-state index contributed by atoms with van der Waals surface area (Å²) in [5.74, 6) is 0.620. The number of aliphatic hydroxyl groups is 1. The van der Waals surface area contributed by atoms with E-state index in [1.807, 2.05) is 31.2 Å². The van der Waals surface area contributed by atoms with Crippen LogP contribution in [0.15, 0.2) is 36.5 Å². The number of aromatic amines is 1. The molecule has 0 aliphatic heterocycles. The number of hydrogen-bond acceptors (Lipinski definition) is 3. The molecule has 112 valence electrons. The maximum absolute atomic E-state index is 12.5. The van der Waals surface area contributed by atoms with E-state index in [4.69, 9.17) is 4.74 Å². The number of ether oxygens (including phenoxy) is 1. The van der Waals surface area contributed by atoms with Crippen molar-refractivity contribution in [3.63, 3.8) is 0 Å². The molecular weight excluding hydrogens is 268 g/mol. The smallest absolute Gasteiger partial charge is 0.256 e. The second-order valence-corrected chi connectivity index (χ2v) is 4.90. The maximum Gasteiger partial charge on any atom is 0.256 e. The highest BCUT2D eigenvalue weighted by Crippen LogP contribution is 2.23. The van der Waals surface area contributed by atoms with Crippen LogP contribution >= 0.6 is 0 Å². The molecule has 0 aliphatic rings. The minimum atomic E-state index is -0.391. The number of methoxy groups -OCH3 is 1. The SMILES string of the molecule is COc1ccc(C(CO)N(C)C(=O)c2cc[nH]c2C)cc1. The summed E-state index contributed by atoms with van der Waals surface area (Å²) in [5.41, 5.74) is 2.30. The fourth-order valence-electron chi connectivity index (χ4n) is 2.29. The quantitative estimate of drug-likeness (QED) is 0.886. The number of carbonyl (C=O) groups is 1. The standard InChI is InChI=1S/C16H20N2O3/c1-11-14(8-9-17-11)16(20)18(2)15(10-19)12-4-6-13(21-3)7-5-12/h4-9,15,17,19H,10H2,1-3H3. The Balaban J connectivity index is 2.23. The molecule has 0 fully saturated rings. The van der Waals surface area contributed by atoms with Gasteiger partial charge in [-0.25, -0.2) is 0 Å². The number of amides is 1. The molecule has 5 heteroatoms. The van der Waals surface area contributed by atoms with Crippen LogP contribution < -0.4 is 4.74 Å². The Morgan fingerprint density at radius 3 is 2.48 bits per heavy atom. The number of rotatable bonds is 5. The van der Waals surface area contributed by atoms with Crippen LogP contribution in [0.1, 0.15) is 27.7 Å². The number of nitrogens with one attached hydrogen (secondary N) is 1. The summed E-state index contributed by atoms with van der Waals surface area (Å²) in [6, 6.07) is 8.70. The van der Waals surface area contributed by atoms with E-state index in [9.17, 15) is 9.90 Å². The van der Waals surface area contributed by atoms with E-state index in [-0.39, 0.29) is 12.5 Å². The fraction of sp³-hybridized carbons (Fsp3) is 0.312. The number of likely N-dealkylation sites (N-methyl/N-ethyl adjacent to an activating group) is 1. The average molecular weight is 288 g/mol.